The van der Waals surface area contributed by atoms with Crippen molar-refractivity contribution in [3.63, 3.8) is 0 Å². The number of amides is 2. The molecule has 1 aromatic rings. The van der Waals surface area contributed by atoms with E-state index in [-0.39, 0.29) is 12.2 Å². The van der Waals surface area contributed by atoms with Gasteiger partial charge in [-0.1, -0.05) is 0 Å². The molecule has 0 aliphatic carbocycles. The molecule has 0 radical (unpaired) electrons. The van der Waals surface area contributed by atoms with E-state index in [0.29, 0.717) is 0 Å². The van der Waals surface area contributed by atoms with E-state index >= 15 is 0 Å². The van der Waals surface area contributed by atoms with Crippen LogP contribution in [0.4, 0.5) is 4.39 Å². The molecule has 5 N–H and O–H groups in total. The van der Waals surface area contributed by atoms with Crippen LogP contribution in [0.3, 0.4) is 0 Å². The fourth-order valence-electron chi connectivity index (χ4n) is 2.30. The number of hydrogen-bond donors (Lipinski definition) is 5. The van der Waals surface area contributed by atoms with Crippen LogP contribution in [-0.2, 0) is 9.53 Å². The summed E-state index contributed by atoms with van der Waals surface area (Å²) >= 11 is 0. The minimum Gasteiger partial charge on any atom is -0.388 e. The minimum atomic E-state index is -1.56. The largest absolute Gasteiger partial charge is 0.388 e. The molecule has 0 bridgehead atoms. The number of nitrogens with one attached hydrogen (secondary N) is 2. The molecule has 1 aliphatic rings. The summed E-state index contributed by atoms with van der Waals surface area (Å²) < 4.78 is 17.9. The zero-order chi connectivity index (χ0) is 17.9. The highest BCUT2D eigenvalue weighted by molar-refractivity contribution is 5.92. The number of halogens is 1. The number of rotatable bonds is 4. The molecule has 132 valence electrons. The van der Waals surface area contributed by atoms with Gasteiger partial charge in [0, 0.05) is 13.5 Å². The summed E-state index contributed by atoms with van der Waals surface area (Å²) in [5.74, 6) is -1.74. The summed E-state index contributed by atoms with van der Waals surface area (Å²) in [4.78, 5) is 26.5. The highest BCUT2D eigenvalue weighted by Gasteiger charge is 2.44. The summed E-state index contributed by atoms with van der Waals surface area (Å²) in [5, 5.41) is 34.5. The number of hydrogen-bond acceptors (Lipinski definition) is 7. The normalized spacial score (nSPS) is 29.8. The van der Waals surface area contributed by atoms with Gasteiger partial charge in [-0.25, -0.2) is 9.37 Å². The molecule has 0 spiro atoms. The maximum absolute atomic E-state index is 12.8. The highest BCUT2D eigenvalue weighted by Crippen LogP contribution is 2.19. The third kappa shape index (κ3) is 4.23. The van der Waals surface area contributed by atoms with Crippen LogP contribution in [-0.4, -0.2) is 69.3 Å². The summed E-state index contributed by atoms with van der Waals surface area (Å²) in [6.07, 6.45) is -4.72. The zero-order valence-corrected chi connectivity index (χ0v) is 12.7. The van der Waals surface area contributed by atoms with E-state index < -0.39 is 48.3 Å². The van der Waals surface area contributed by atoms with Crippen LogP contribution in [0.5, 0.6) is 0 Å². The van der Waals surface area contributed by atoms with Crippen molar-refractivity contribution in [1.29, 1.82) is 0 Å². The van der Waals surface area contributed by atoms with Crippen molar-refractivity contribution in [1.82, 2.24) is 15.6 Å². The van der Waals surface area contributed by atoms with Crippen LogP contribution in [0.15, 0.2) is 18.3 Å². The smallest absolute Gasteiger partial charge is 0.269 e. The molecular formula is C14H18FN3O6. The van der Waals surface area contributed by atoms with Gasteiger partial charge in [0.25, 0.3) is 5.91 Å². The van der Waals surface area contributed by atoms with Crippen molar-refractivity contribution in [3.05, 3.63) is 29.8 Å². The van der Waals surface area contributed by atoms with Crippen LogP contribution in [0.2, 0.25) is 0 Å². The van der Waals surface area contributed by atoms with Crippen molar-refractivity contribution in [2.45, 2.75) is 37.6 Å². The first kappa shape index (κ1) is 18.2. The molecule has 9 nitrogen and oxygen atoms in total. The van der Waals surface area contributed by atoms with Crippen molar-refractivity contribution >= 4 is 11.8 Å². The molecule has 1 unspecified atom stereocenters. The fraction of sp³-hybridized carbons (Fsp3) is 0.500. The van der Waals surface area contributed by atoms with E-state index in [1.54, 1.807) is 0 Å². The van der Waals surface area contributed by atoms with Crippen LogP contribution in [0.25, 0.3) is 0 Å². The molecule has 1 aliphatic heterocycles. The van der Waals surface area contributed by atoms with Gasteiger partial charge in [-0.3, -0.25) is 9.59 Å². The topological polar surface area (TPSA) is 141 Å². The first-order valence-electron chi connectivity index (χ1n) is 7.16. The SMILES string of the molecule is CC(=O)N[C@@H]1C(O)[C@@H](O)[C@@H](CNC(=O)c2ccc(F)cn2)O[C@H]1O. The molecule has 24 heavy (non-hydrogen) atoms. The Morgan fingerprint density at radius 1 is 1.29 bits per heavy atom. The van der Waals surface area contributed by atoms with Gasteiger partial charge in [-0.15, -0.1) is 0 Å². The number of aliphatic hydroxyl groups excluding tert-OH is 3. The average Bonchev–Trinajstić information content (AvgIpc) is 2.54. The van der Waals surface area contributed by atoms with E-state index in [9.17, 15) is 29.3 Å². The first-order valence-corrected chi connectivity index (χ1v) is 7.16. The van der Waals surface area contributed by atoms with E-state index in [1.807, 2.05) is 0 Å². The summed E-state index contributed by atoms with van der Waals surface area (Å²) in [6, 6.07) is 1.06. The van der Waals surface area contributed by atoms with Crippen molar-refractivity contribution in [2.24, 2.45) is 0 Å². The number of carbonyl (C=O) groups excluding carboxylic acids is 2. The second-order valence-corrected chi connectivity index (χ2v) is 5.34. The first-order chi connectivity index (χ1) is 11.3. The quantitative estimate of drug-likeness (QED) is 0.421. The number of ether oxygens (including phenoxy) is 1. The van der Waals surface area contributed by atoms with Crippen LogP contribution >= 0.6 is 0 Å². The zero-order valence-electron chi connectivity index (χ0n) is 12.7. The molecule has 2 heterocycles. The fourth-order valence-corrected chi connectivity index (χ4v) is 2.30. The standard InChI is InChI=1S/C14H18FN3O6/c1-6(19)18-10-12(21)11(20)9(24-14(10)23)5-17-13(22)8-3-2-7(15)4-16-8/h2-4,9-12,14,20-21,23H,5H2,1H3,(H,17,22)(H,18,19)/t9-,10-,11+,12?,14-/m1/s1. The average molecular weight is 343 g/mol. The second kappa shape index (κ2) is 7.62. The molecular weight excluding hydrogens is 325 g/mol. The Morgan fingerprint density at radius 2 is 2.00 bits per heavy atom. The van der Waals surface area contributed by atoms with Gasteiger partial charge >= 0.3 is 0 Å². The van der Waals surface area contributed by atoms with Crippen molar-refractivity contribution < 1.29 is 34.0 Å². The molecule has 2 amide bonds. The highest BCUT2D eigenvalue weighted by atomic mass is 19.1. The van der Waals surface area contributed by atoms with Gasteiger partial charge < -0.3 is 30.7 Å². The van der Waals surface area contributed by atoms with Gasteiger partial charge in [-0.2, -0.15) is 0 Å². The molecule has 5 atom stereocenters. The Hall–Kier alpha value is -2.14. The number of aliphatic hydroxyl groups is 3. The Labute approximate surface area is 136 Å². The predicted molar refractivity (Wildman–Crippen MR) is 77.0 cm³/mol. The lowest BCUT2D eigenvalue weighted by molar-refractivity contribution is -0.245. The van der Waals surface area contributed by atoms with Crippen molar-refractivity contribution in [2.75, 3.05) is 6.54 Å². The maximum atomic E-state index is 12.8. The maximum Gasteiger partial charge on any atom is 0.269 e. The number of pyridine rings is 1. The minimum absolute atomic E-state index is 0.0427. The molecule has 1 aromatic heterocycles. The third-order valence-corrected chi connectivity index (χ3v) is 3.51. The molecule has 10 heteroatoms. The van der Waals surface area contributed by atoms with E-state index in [0.717, 1.165) is 12.3 Å². The predicted octanol–water partition coefficient (Wildman–Crippen LogP) is -2.11. The molecule has 1 fully saturated rings. The van der Waals surface area contributed by atoms with Crippen molar-refractivity contribution in [3.8, 4) is 0 Å². The molecule has 0 saturated carbocycles. The van der Waals surface area contributed by atoms with E-state index in [2.05, 4.69) is 15.6 Å². The monoisotopic (exact) mass is 343 g/mol. The Bertz CT molecular complexity index is 599. The van der Waals surface area contributed by atoms with Crippen LogP contribution in [0.1, 0.15) is 17.4 Å². The summed E-state index contributed by atoms with van der Waals surface area (Å²) in [7, 11) is 0. The van der Waals surface area contributed by atoms with E-state index in [4.69, 9.17) is 4.74 Å². The lowest BCUT2D eigenvalue weighted by Crippen LogP contribution is -2.64. The number of aromatic nitrogens is 1. The number of nitrogens with zero attached hydrogens (tertiary/aromatic N) is 1. The Balaban J connectivity index is 1.94. The van der Waals surface area contributed by atoms with Gasteiger partial charge in [-0.05, 0) is 12.1 Å². The second-order valence-electron chi connectivity index (χ2n) is 5.34. The van der Waals surface area contributed by atoms with Crippen LogP contribution in [0, 0.1) is 5.82 Å². The van der Waals surface area contributed by atoms with Crippen LogP contribution < -0.4 is 10.6 Å². The number of carbonyl (C=O) groups is 2. The Morgan fingerprint density at radius 3 is 2.58 bits per heavy atom. The summed E-state index contributed by atoms with van der Waals surface area (Å²) in [5.41, 5.74) is -0.0427. The lowest BCUT2D eigenvalue weighted by atomic mass is 9.96. The third-order valence-electron chi connectivity index (χ3n) is 3.51. The van der Waals surface area contributed by atoms with Gasteiger partial charge in [0.2, 0.25) is 5.91 Å². The Kier molecular flexibility index (Phi) is 5.78. The van der Waals surface area contributed by atoms with Gasteiger partial charge in [0.05, 0.1) is 6.20 Å². The van der Waals surface area contributed by atoms with Gasteiger partial charge in [0.15, 0.2) is 6.29 Å². The van der Waals surface area contributed by atoms with Gasteiger partial charge in [0.1, 0.15) is 35.9 Å². The molecule has 0 aromatic carbocycles. The molecule has 2 rings (SSSR count). The van der Waals surface area contributed by atoms with E-state index in [1.165, 1.54) is 13.0 Å². The summed E-state index contributed by atoms with van der Waals surface area (Å²) in [6.45, 7) is 0.952. The lowest BCUT2D eigenvalue weighted by Gasteiger charge is -2.40. The molecule has 1 saturated heterocycles.